The first-order valence-corrected chi connectivity index (χ1v) is 9.18. The van der Waals surface area contributed by atoms with Crippen LogP contribution in [0.15, 0.2) is 57.6 Å². The van der Waals surface area contributed by atoms with Crippen molar-refractivity contribution in [2.75, 3.05) is 14.2 Å². The lowest BCUT2D eigenvalue weighted by Crippen LogP contribution is -2.27. The van der Waals surface area contributed by atoms with Crippen LogP contribution in [0.5, 0.6) is 11.5 Å². The number of hydroxylamine groups is 1. The Labute approximate surface area is 163 Å². The molecular weight excluding hydrogens is 388 g/mol. The van der Waals surface area contributed by atoms with Crippen molar-refractivity contribution in [3.05, 3.63) is 53.6 Å². The van der Waals surface area contributed by atoms with Crippen molar-refractivity contribution in [1.82, 2.24) is 5.48 Å². The van der Waals surface area contributed by atoms with Gasteiger partial charge < -0.3 is 15.2 Å². The first-order valence-electron chi connectivity index (χ1n) is 7.74. The number of rotatable bonds is 5. The molecule has 0 heterocycles. The standard InChI is InChI=1S/C10H14N4O3.C7H8O3S/c1-16-8-4-3-7(9(5-8)17-2)6-12-13-10(11)14-15;1-6-2-4-7(5-3-6)11(8,9)10/h3-6,15H,1-2H3,(H3,11,13,14);2-5H,1H3,(H,8,9,10). The molecule has 0 aliphatic heterocycles. The second-order valence-electron chi connectivity index (χ2n) is 5.24. The predicted octanol–water partition coefficient (Wildman–Crippen LogP) is 1.57. The van der Waals surface area contributed by atoms with Crippen molar-refractivity contribution in [2.24, 2.45) is 15.9 Å². The molecule has 0 bridgehead atoms. The number of methoxy groups -OCH3 is 2. The first kappa shape index (κ1) is 22.9. The molecule has 0 spiro atoms. The van der Waals surface area contributed by atoms with Gasteiger partial charge in [0.1, 0.15) is 11.5 Å². The van der Waals surface area contributed by atoms with Gasteiger partial charge >= 0.3 is 0 Å². The fourth-order valence-electron chi connectivity index (χ4n) is 1.81. The van der Waals surface area contributed by atoms with E-state index in [1.165, 1.54) is 18.3 Å². The number of aryl methyl sites for hydroxylation is 1. The lowest BCUT2D eigenvalue weighted by atomic mass is 10.2. The minimum absolute atomic E-state index is 0.0666. The SMILES string of the molecule is COc1ccc(C=N/N=C(\N)NO)c(OC)c1.Cc1ccc(S(=O)(=O)O)cc1. The molecule has 10 nitrogen and oxygen atoms in total. The summed E-state index contributed by atoms with van der Waals surface area (Å²) in [5, 5.41) is 15.5. The number of ether oxygens (including phenoxy) is 2. The Morgan fingerprint density at radius 2 is 1.79 bits per heavy atom. The van der Waals surface area contributed by atoms with Gasteiger partial charge in [-0.15, -0.1) is 5.10 Å². The zero-order valence-electron chi connectivity index (χ0n) is 15.5. The number of nitrogens with zero attached hydrogens (tertiary/aromatic N) is 2. The lowest BCUT2D eigenvalue weighted by molar-refractivity contribution is 0.232. The van der Waals surface area contributed by atoms with Gasteiger partial charge in [0, 0.05) is 11.6 Å². The van der Waals surface area contributed by atoms with E-state index in [4.69, 9.17) is 25.0 Å². The van der Waals surface area contributed by atoms with E-state index in [1.807, 2.05) is 6.92 Å². The molecule has 2 aromatic rings. The molecular formula is C17H22N4O6S. The quantitative estimate of drug-likeness (QED) is 0.250. The van der Waals surface area contributed by atoms with Gasteiger partial charge in [0.2, 0.25) is 5.96 Å². The van der Waals surface area contributed by atoms with Crippen LogP contribution in [0.4, 0.5) is 0 Å². The van der Waals surface area contributed by atoms with Crippen LogP contribution in [0.25, 0.3) is 0 Å². The van der Waals surface area contributed by atoms with Gasteiger partial charge in [-0.05, 0) is 31.2 Å². The minimum Gasteiger partial charge on any atom is -0.497 e. The Hall–Kier alpha value is -3.15. The summed E-state index contributed by atoms with van der Waals surface area (Å²) in [6, 6.07) is 11.2. The highest BCUT2D eigenvalue weighted by atomic mass is 32.2. The third-order valence-electron chi connectivity index (χ3n) is 3.24. The summed E-state index contributed by atoms with van der Waals surface area (Å²) in [7, 11) is -0.909. The largest absolute Gasteiger partial charge is 0.497 e. The summed E-state index contributed by atoms with van der Waals surface area (Å²) in [6.07, 6.45) is 1.45. The first-order chi connectivity index (χ1) is 13.2. The Balaban J connectivity index is 0.000000307. The van der Waals surface area contributed by atoms with Crippen LogP contribution in [0.2, 0.25) is 0 Å². The molecule has 0 aliphatic carbocycles. The van der Waals surface area contributed by atoms with Crippen molar-refractivity contribution in [3.63, 3.8) is 0 Å². The highest BCUT2D eigenvalue weighted by molar-refractivity contribution is 7.85. The van der Waals surface area contributed by atoms with E-state index in [2.05, 4.69) is 10.2 Å². The Bertz CT molecular complexity index is 927. The number of nitrogens with two attached hydrogens (primary N) is 1. The average Bonchev–Trinajstić information content (AvgIpc) is 2.68. The molecule has 0 aromatic heterocycles. The maximum absolute atomic E-state index is 10.5. The fraction of sp³-hybridized carbons (Fsp3) is 0.176. The summed E-state index contributed by atoms with van der Waals surface area (Å²) in [5.74, 6) is 1.08. The van der Waals surface area contributed by atoms with Gasteiger partial charge in [0.15, 0.2) is 0 Å². The third kappa shape index (κ3) is 7.61. The van der Waals surface area contributed by atoms with Crippen molar-refractivity contribution < 1.29 is 27.7 Å². The molecule has 0 saturated heterocycles. The molecule has 2 rings (SSSR count). The summed E-state index contributed by atoms with van der Waals surface area (Å²) < 4.78 is 39.8. The molecule has 0 saturated carbocycles. The number of hydrogen-bond acceptors (Lipinski definition) is 7. The number of hydrogen-bond donors (Lipinski definition) is 4. The van der Waals surface area contributed by atoms with Crippen LogP contribution in [-0.2, 0) is 10.1 Å². The van der Waals surface area contributed by atoms with Crippen molar-refractivity contribution in [2.45, 2.75) is 11.8 Å². The van der Waals surface area contributed by atoms with Crippen LogP contribution in [0.3, 0.4) is 0 Å². The Kier molecular flexibility index (Phi) is 8.88. The summed E-state index contributed by atoms with van der Waals surface area (Å²) in [5.41, 5.74) is 8.50. The molecule has 0 aliphatic rings. The van der Waals surface area contributed by atoms with Crippen LogP contribution in [0.1, 0.15) is 11.1 Å². The monoisotopic (exact) mass is 410 g/mol. The van der Waals surface area contributed by atoms with E-state index in [-0.39, 0.29) is 10.9 Å². The van der Waals surface area contributed by atoms with Gasteiger partial charge in [0.25, 0.3) is 10.1 Å². The van der Waals surface area contributed by atoms with Crippen LogP contribution in [0, 0.1) is 6.92 Å². The maximum atomic E-state index is 10.5. The molecule has 28 heavy (non-hydrogen) atoms. The van der Waals surface area contributed by atoms with Crippen LogP contribution < -0.4 is 20.7 Å². The third-order valence-corrected chi connectivity index (χ3v) is 4.10. The van der Waals surface area contributed by atoms with E-state index in [1.54, 1.807) is 50.0 Å². The molecule has 152 valence electrons. The molecule has 0 atom stereocenters. The number of nitrogens with one attached hydrogen (secondary N) is 1. The highest BCUT2D eigenvalue weighted by Crippen LogP contribution is 2.23. The van der Waals surface area contributed by atoms with Crippen molar-refractivity contribution >= 4 is 22.3 Å². The van der Waals surface area contributed by atoms with Crippen molar-refractivity contribution in [1.29, 1.82) is 0 Å². The second-order valence-corrected chi connectivity index (χ2v) is 6.66. The van der Waals surface area contributed by atoms with Gasteiger partial charge in [-0.1, -0.05) is 17.7 Å². The number of guanidine groups is 1. The van der Waals surface area contributed by atoms with Crippen molar-refractivity contribution in [3.8, 4) is 11.5 Å². The normalized spacial score (nSPS) is 11.5. The molecule has 0 unspecified atom stereocenters. The smallest absolute Gasteiger partial charge is 0.294 e. The molecule has 0 fully saturated rings. The highest BCUT2D eigenvalue weighted by Gasteiger charge is 2.06. The summed E-state index contributed by atoms with van der Waals surface area (Å²) >= 11 is 0. The van der Waals surface area contributed by atoms with Crippen LogP contribution in [-0.4, -0.2) is 44.6 Å². The summed E-state index contributed by atoms with van der Waals surface area (Å²) in [6.45, 7) is 1.84. The zero-order valence-corrected chi connectivity index (χ0v) is 16.3. The molecule has 5 N–H and O–H groups in total. The lowest BCUT2D eigenvalue weighted by Gasteiger charge is -2.06. The van der Waals surface area contributed by atoms with Gasteiger partial charge in [-0.2, -0.15) is 13.5 Å². The molecule has 0 amide bonds. The van der Waals surface area contributed by atoms with Gasteiger partial charge in [-0.25, -0.2) is 5.48 Å². The zero-order chi connectivity index (χ0) is 21.2. The molecule has 11 heteroatoms. The minimum atomic E-state index is -4.02. The molecule has 2 aromatic carbocycles. The second kappa shape index (κ2) is 10.9. The number of benzene rings is 2. The Morgan fingerprint density at radius 3 is 2.29 bits per heavy atom. The van der Waals surface area contributed by atoms with E-state index < -0.39 is 10.1 Å². The molecule has 0 radical (unpaired) electrons. The van der Waals surface area contributed by atoms with E-state index in [0.717, 1.165) is 5.56 Å². The predicted molar refractivity (Wildman–Crippen MR) is 105 cm³/mol. The summed E-state index contributed by atoms with van der Waals surface area (Å²) in [4.78, 5) is -0.0666. The average molecular weight is 410 g/mol. The van der Waals surface area contributed by atoms with Gasteiger partial charge in [-0.3, -0.25) is 9.76 Å². The maximum Gasteiger partial charge on any atom is 0.294 e. The van der Waals surface area contributed by atoms with E-state index in [0.29, 0.717) is 17.1 Å². The fourth-order valence-corrected chi connectivity index (χ4v) is 2.29. The van der Waals surface area contributed by atoms with E-state index in [9.17, 15) is 8.42 Å². The topological polar surface area (TPSA) is 156 Å². The Morgan fingerprint density at radius 1 is 1.14 bits per heavy atom. The van der Waals surface area contributed by atoms with Crippen LogP contribution >= 0.6 is 0 Å². The van der Waals surface area contributed by atoms with Gasteiger partial charge in [0.05, 0.1) is 25.3 Å². The van der Waals surface area contributed by atoms with E-state index >= 15 is 0 Å².